The molecule has 1 aromatic carbocycles. The van der Waals surface area contributed by atoms with Gasteiger partial charge in [0.05, 0.1) is 0 Å². The molecule has 0 aliphatic heterocycles. The van der Waals surface area contributed by atoms with E-state index in [-0.39, 0.29) is 0 Å². The molecule has 4 heteroatoms. The fourth-order valence-corrected chi connectivity index (χ4v) is 2.43. The van der Waals surface area contributed by atoms with E-state index in [1.807, 2.05) is 42.0 Å². The van der Waals surface area contributed by atoms with Crippen LogP contribution in [0.5, 0.6) is 5.75 Å². The maximum Gasteiger partial charge on any atom is 0.289 e. The summed E-state index contributed by atoms with van der Waals surface area (Å²) in [4.78, 5) is 0. The zero-order valence-corrected chi connectivity index (χ0v) is 10.7. The normalized spacial score (nSPS) is 11.2. The molecule has 2 rings (SSSR count). The Balaban J connectivity index is 2.29. The van der Waals surface area contributed by atoms with Crippen LogP contribution in [0.2, 0.25) is 0 Å². The molecule has 0 saturated carbocycles. The molecule has 0 spiro atoms. The average molecular weight is 247 g/mol. The van der Waals surface area contributed by atoms with Gasteiger partial charge in [0.15, 0.2) is 11.6 Å². The van der Waals surface area contributed by atoms with Gasteiger partial charge in [-0.25, -0.2) is 0 Å². The Morgan fingerprint density at radius 1 is 1.35 bits per heavy atom. The molecule has 1 aromatic heterocycles. The molecule has 2 aromatic rings. The molecule has 1 heterocycles. The number of hydrogen-bond donors (Lipinski definition) is 1. The molecular weight excluding hydrogens is 232 g/mol. The van der Waals surface area contributed by atoms with Crippen molar-refractivity contribution in [2.24, 2.45) is 0 Å². The summed E-state index contributed by atoms with van der Waals surface area (Å²) in [5.41, 5.74) is 0.821. The molecule has 3 nitrogen and oxygen atoms in total. The minimum absolute atomic E-state index is 0.299. The van der Waals surface area contributed by atoms with E-state index in [4.69, 9.17) is 0 Å². The molecule has 1 N–H and O–H groups in total. The molecule has 0 aliphatic carbocycles. The van der Waals surface area contributed by atoms with Crippen LogP contribution in [-0.4, -0.2) is 10.2 Å². The van der Waals surface area contributed by atoms with Crippen molar-refractivity contribution in [2.75, 3.05) is 0 Å². The van der Waals surface area contributed by atoms with Crippen molar-refractivity contribution in [3.8, 4) is 5.75 Å². The van der Waals surface area contributed by atoms with Gasteiger partial charge >= 0.3 is 0 Å². The lowest BCUT2D eigenvalue weighted by molar-refractivity contribution is -0.747. The number of para-hydroxylation sites is 1. The van der Waals surface area contributed by atoms with E-state index in [0.29, 0.717) is 5.75 Å². The summed E-state index contributed by atoms with van der Waals surface area (Å²) in [5.74, 6) is 0.299. The minimum atomic E-state index is 0.299. The zero-order valence-electron chi connectivity index (χ0n) is 9.92. The molecule has 0 amide bonds. The quantitative estimate of drug-likeness (QED) is 0.847. The third-order valence-corrected chi connectivity index (χ3v) is 3.34. The van der Waals surface area contributed by atoms with E-state index in [0.717, 1.165) is 22.1 Å². The molecule has 0 unspecified atom stereocenters. The highest BCUT2D eigenvalue weighted by Crippen LogP contribution is 2.19. The van der Waals surface area contributed by atoms with Gasteiger partial charge in [0, 0.05) is 16.7 Å². The highest BCUT2D eigenvalue weighted by atomic mass is 32.1. The van der Waals surface area contributed by atoms with E-state index in [1.54, 1.807) is 17.4 Å². The number of aromatic nitrogens is 2. The monoisotopic (exact) mass is 247 g/mol. The minimum Gasteiger partial charge on any atom is -0.507 e. The van der Waals surface area contributed by atoms with Crippen LogP contribution < -0.4 is 4.68 Å². The lowest BCUT2D eigenvalue weighted by Crippen LogP contribution is -2.36. The predicted octanol–water partition coefficient (Wildman–Crippen LogP) is 2.63. The number of phenolic OH excluding ortho intramolecular Hbond substituents is 1. The van der Waals surface area contributed by atoms with E-state index < -0.39 is 0 Å². The highest BCUT2D eigenvalue weighted by Gasteiger charge is 2.12. The van der Waals surface area contributed by atoms with Gasteiger partial charge in [0.25, 0.3) is 5.01 Å². The van der Waals surface area contributed by atoms with Crippen LogP contribution in [0, 0.1) is 6.92 Å². The first kappa shape index (κ1) is 11.8. The maximum absolute atomic E-state index is 9.65. The zero-order chi connectivity index (χ0) is 12.3. The Morgan fingerprint density at radius 3 is 2.82 bits per heavy atom. The Hall–Kier alpha value is -1.68. The fourth-order valence-electron chi connectivity index (χ4n) is 1.58. The highest BCUT2D eigenvalue weighted by molar-refractivity contribution is 7.11. The van der Waals surface area contributed by atoms with Gasteiger partial charge < -0.3 is 5.11 Å². The van der Waals surface area contributed by atoms with E-state index in [9.17, 15) is 5.11 Å². The van der Waals surface area contributed by atoms with E-state index in [1.165, 1.54) is 0 Å². The first-order valence-electron chi connectivity index (χ1n) is 5.54. The van der Waals surface area contributed by atoms with Crippen molar-refractivity contribution >= 4 is 23.5 Å². The average Bonchev–Trinajstić information content (AvgIpc) is 2.69. The topological polar surface area (TPSA) is 37.0 Å². The Morgan fingerprint density at radius 2 is 2.12 bits per heavy atom. The van der Waals surface area contributed by atoms with E-state index >= 15 is 0 Å². The van der Waals surface area contributed by atoms with Gasteiger partial charge in [-0.3, -0.25) is 0 Å². The van der Waals surface area contributed by atoms with Crippen molar-refractivity contribution in [2.45, 2.75) is 20.4 Å². The van der Waals surface area contributed by atoms with Crippen LogP contribution >= 0.6 is 11.3 Å². The molecular formula is C13H15N2OS+. The smallest absolute Gasteiger partial charge is 0.289 e. The number of aromatic hydroxyl groups is 1. The van der Waals surface area contributed by atoms with Crippen molar-refractivity contribution in [1.82, 2.24) is 5.10 Å². The second-order valence-electron chi connectivity index (χ2n) is 3.67. The third-order valence-electron chi connectivity index (χ3n) is 2.41. The number of rotatable bonds is 3. The lowest BCUT2D eigenvalue weighted by atomic mass is 10.2. The Bertz CT molecular complexity index is 546. The summed E-state index contributed by atoms with van der Waals surface area (Å²) in [6.07, 6.45) is 3.90. The molecule has 17 heavy (non-hydrogen) atoms. The molecule has 0 saturated heterocycles. The van der Waals surface area contributed by atoms with Crippen molar-refractivity contribution < 1.29 is 9.79 Å². The van der Waals surface area contributed by atoms with Gasteiger partial charge in [0.1, 0.15) is 5.75 Å². The van der Waals surface area contributed by atoms with Crippen LogP contribution in [0.15, 0.2) is 24.3 Å². The van der Waals surface area contributed by atoms with Crippen LogP contribution in [0.3, 0.4) is 0 Å². The summed E-state index contributed by atoms with van der Waals surface area (Å²) < 4.78 is 1.95. The van der Waals surface area contributed by atoms with Crippen LogP contribution in [0.1, 0.15) is 22.5 Å². The first-order chi connectivity index (χ1) is 8.20. The second-order valence-corrected chi connectivity index (χ2v) is 4.88. The van der Waals surface area contributed by atoms with Gasteiger partial charge in [-0.15, -0.1) is 0 Å². The maximum atomic E-state index is 9.65. The van der Waals surface area contributed by atoms with Crippen molar-refractivity contribution in [3.05, 3.63) is 39.8 Å². The van der Waals surface area contributed by atoms with Crippen LogP contribution in [0.4, 0.5) is 0 Å². The Kier molecular flexibility index (Phi) is 3.54. The molecule has 0 aliphatic rings. The van der Waals surface area contributed by atoms with Crippen molar-refractivity contribution in [3.63, 3.8) is 0 Å². The van der Waals surface area contributed by atoms with Crippen LogP contribution in [-0.2, 0) is 6.54 Å². The van der Waals surface area contributed by atoms with Gasteiger partial charge in [-0.2, -0.15) is 0 Å². The summed E-state index contributed by atoms with van der Waals surface area (Å²) >= 11 is 1.65. The lowest BCUT2D eigenvalue weighted by Gasteiger charge is -1.95. The Labute approximate surface area is 105 Å². The van der Waals surface area contributed by atoms with Crippen molar-refractivity contribution in [1.29, 1.82) is 0 Å². The molecule has 0 fully saturated rings. The SMILES string of the molecule is CC[n+]1nc(C)sc1/C=C/c1ccccc1O. The summed E-state index contributed by atoms with van der Waals surface area (Å²) in [7, 11) is 0. The molecule has 0 atom stereocenters. The molecule has 0 bridgehead atoms. The summed E-state index contributed by atoms with van der Waals surface area (Å²) in [5, 5.41) is 16.2. The standard InChI is InChI=1S/C13H14N2OS/c1-3-15-13(17-10(2)14-15)9-8-11-6-4-5-7-12(11)16/h4-9H,3H2,1-2H3/p+1. The largest absolute Gasteiger partial charge is 0.507 e. The van der Waals surface area contributed by atoms with E-state index in [2.05, 4.69) is 12.0 Å². The van der Waals surface area contributed by atoms with Gasteiger partial charge in [0.2, 0.25) is 0 Å². The predicted molar refractivity (Wildman–Crippen MR) is 69.8 cm³/mol. The van der Waals surface area contributed by atoms with Gasteiger partial charge in [-0.1, -0.05) is 22.9 Å². The number of aryl methyl sites for hydroxylation is 2. The number of hydrogen-bond acceptors (Lipinski definition) is 3. The summed E-state index contributed by atoms with van der Waals surface area (Å²) in [6, 6.07) is 7.29. The number of nitrogens with zero attached hydrogens (tertiary/aromatic N) is 2. The number of phenols is 1. The third kappa shape index (κ3) is 2.71. The summed E-state index contributed by atoms with van der Waals surface area (Å²) in [6.45, 7) is 4.91. The number of benzene rings is 1. The molecule has 0 radical (unpaired) electrons. The van der Waals surface area contributed by atoms with Gasteiger partial charge in [-0.05, 0) is 37.3 Å². The van der Waals surface area contributed by atoms with Crippen LogP contribution in [0.25, 0.3) is 12.2 Å². The first-order valence-corrected chi connectivity index (χ1v) is 6.36. The second kappa shape index (κ2) is 5.10. The molecule has 88 valence electrons. The fraction of sp³-hybridized carbons (Fsp3) is 0.231.